The summed E-state index contributed by atoms with van der Waals surface area (Å²) in [6.45, 7) is 8.32. The van der Waals surface area contributed by atoms with E-state index in [4.69, 9.17) is 4.74 Å². The highest BCUT2D eigenvalue weighted by Crippen LogP contribution is 2.58. The van der Waals surface area contributed by atoms with Crippen molar-refractivity contribution in [1.82, 2.24) is 5.32 Å². The number of amides is 1. The number of rotatable bonds is 5. The van der Waals surface area contributed by atoms with Crippen molar-refractivity contribution in [1.29, 1.82) is 0 Å². The average Bonchev–Trinajstić information content (AvgIpc) is 2.93. The van der Waals surface area contributed by atoms with Crippen LogP contribution in [0.2, 0.25) is 0 Å². The molecule has 0 aromatic heterocycles. The molecule has 3 unspecified atom stereocenters. The summed E-state index contributed by atoms with van der Waals surface area (Å²) < 4.78 is 5.55. The normalized spacial score (nSPS) is 27.8. The zero-order valence-corrected chi connectivity index (χ0v) is 19.0. The van der Waals surface area contributed by atoms with Crippen LogP contribution in [0.4, 0.5) is 0 Å². The maximum atomic E-state index is 13.1. The van der Waals surface area contributed by atoms with Crippen LogP contribution in [0.25, 0.3) is 0 Å². The molecule has 2 aliphatic rings. The van der Waals surface area contributed by atoms with Crippen molar-refractivity contribution in [3.63, 3.8) is 0 Å². The maximum absolute atomic E-state index is 13.1. The van der Waals surface area contributed by atoms with Gasteiger partial charge >= 0.3 is 5.97 Å². The van der Waals surface area contributed by atoms with Crippen molar-refractivity contribution in [2.75, 3.05) is 6.61 Å². The monoisotopic (exact) mass is 409 g/mol. The zero-order chi connectivity index (χ0) is 20.6. The molecule has 0 aromatic carbocycles. The third-order valence-electron chi connectivity index (χ3n) is 6.27. The van der Waals surface area contributed by atoms with E-state index in [1.807, 2.05) is 20.8 Å². The van der Waals surface area contributed by atoms with Gasteiger partial charge in [0.1, 0.15) is 0 Å². The van der Waals surface area contributed by atoms with Crippen LogP contribution in [0.5, 0.6) is 0 Å². The minimum Gasteiger partial charge on any atom is -0.466 e. The second kappa shape index (κ2) is 11.3. The molecule has 2 fully saturated rings. The first-order valence-corrected chi connectivity index (χ1v) is 12.2. The summed E-state index contributed by atoms with van der Waals surface area (Å²) in [5.41, 5.74) is 0.903. The molecule has 1 saturated heterocycles. The predicted molar refractivity (Wildman–Crippen MR) is 117 cm³/mol. The summed E-state index contributed by atoms with van der Waals surface area (Å²) in [7, 11) is 0. The van der Waals surface area contributed by atoms with E-state index in [0.29, 0.717) is 11.9 Å². The van der Waals surface area contributed by atoms with E-state index >= 15 is 0 Å². The van der Waals surface area contributed by atoms with Gasteiger partial charge in [-0.05, 0) is 45.4 Å². The molecule has 1 spiro atoms. The van der Waals surface area contributed by atoms with Crippen molar-refractivity contribution >= 4 is 23.6 Å². The molecule has 160 valence electrons. The van der Waals surface area contributed by atoms with Crippen molar-refractivity contribution in [3.05, 3.63) is 11.6 Å². The van der Waals surface area contributed by atoms with Crippen LogP contribution >= 0.6 is 11.8 Å². The summed E-state index contributed by atoms with van der Waals surface area (Å²) in [6, 6.07) is 0. The van der Waals surface area contributed by atoms with Crippen LogP contribution in [-0.2, 0) is 14.3 Å². The number of carbonyl (C=O) groups is 2. The van der Waals surface area contributed by atoms with Crippen LogP contribution in [0.3, 0.4) is 0 Å². The van der Waals surface area contributed by atoms with Gasteiger partial charge in [-0.2, -0.15) is 0 Å². The molecule has 0 bridgehead atoms. The molecule has 1 aliphatic carbocycles. The lowest BCUT2D eigenvalue weighted by Crippen LogP contribution is -2.47. The van der Waals surface area contributed by atoms with Crippen molar-refractivity contribution in [2.24, 2.45) is 11.3 Å². The average molecular weight is 410 g/mol. The second-order valence-electron chi connectivity index (χ2n) is 8.62. The molecule has 4 nitrogen and oxygen atoms in total. The Balaban J connectivity index is 2.34. The first-order valence-electron chi connectivity index (χ1n) is 11.2. The maximum Gasteiger partial charge on any atom is 0.312 e. The topological polar surface area (TPSA) is 55.4 Å². The smallest absolute Gasteiger partial charge is 0.312 e. The Kier molecular flexibility index (Phi) is 9.39. The van der Waals surface area contributed by atoms with E-state index in [1.165, 1.54) is 44.9 Å². The number of allylic oxidation sites excluding steroid dienone is 1. The van der Waals surface area contributed by atoms with Gasteiger partial charge in [-0.25, -0.2) is 0 Å². The number of ether oxygens (including phenoxy) is 1. The largest absolute Gasteiger partial charge is 0.466 e. The molecular formula is C23H39NO3S. The van der Waals surface area contributed by atoms with E-state index in [9.17, 15) is 9.59 Å². The number of nitrogens with one attached hydrogen (secondary N) is 1. The summed E-state index contributed by atoms with van der Waals surface area (Å²) in [5.74, 6) is -0.472. The lowest BCUT2D eigenvalue weighted by molar-refractivity contribution is -0.153. The first kappa shape index (κ1) is 23.3. The molecule has 28 heavy (non-hydrogen) atoms. The predicted octanol–water partition coefficient (Wildman–Crippen LogP) is 5.61. The summed E-state index contributed by atoms with van der Waals surface area (Å²) in [5, 5.41) is 3.33. The molecule has 2 rings (SSSR count). The van der Waals surface area contributed by atoms with Gasteiger partial charge < -0.3 is 10.1 Å². The van der Waals surface area contributed by atoms with Crippen LogP contribution in [0.15, 0.2) is 11.6 Å². The zero-order valence-electron chi connectivity index (χ0n) is 18.2. The highest BCUT2D eigenvalue weighted by atomic mass is 32.2. The lowest BCUT2D eigenvalue weighted by atomic mass is 9.65. The molecule has 5 heteroatoms. The van der Waals surface area contributed by atoms with Gasteiger partial charge in [0, 0.05) is 11.3 Å². The number of thioether (sulfide) groups is 1. The Morgan fingerprint density at radius 1 is 1.04 bits per heavy atom. The van der Waals surface area contributed by atoms with E-state index in [2.05, 4.69) is 12.2 Å². The van der Waals surface area contributed by atoms with Crippen LogP contribution in [0, 0.1) is 11.3 Å². The Hall–Kier alpha value is -0.970. The van der Waals surface area contributed by atoms with Crippen molar-refractivity contribution < 1.29 is 14.3 Å². The van der Waals surface area contributed by atoms with Crippen molar-refractivity contribution in [3.8, 4) is 0 Å². The standard InChI is InChI=1S/C23H39NO3S/c1-5-18-23(14-12-10-8-7-9-11-13-15-23)20(22(26)27-6-2)21(28-18)24-19(25)16-17(3)4/h16,18,20-21H,5-15H2,1-4H3,(H,24,25). The highest BCUT2D eigenvalue weighted by Gasteiger charge is 2.58. The Morgan fingerprint density at radius 3 is 2.11 bits per heavy atom. The first-order chi connectivity index (χ1) is 13.4. The van der Waals surface area contributed by atoms with E-state index in [0.717, 1.165) is 24.8 Å². The van der Waals surface area contributed by atoms with Gasteiger partial charge in [0.25, 0.3) is 0 Å². The summed E-state index contributed by atoms with van der Waals surface area (Å²) in [6.07, 6.45) is 13.5. The molecule has 1 N–H and O–H groups in total. The molecular weight excluding hydrogens is 370 g/mol. The number of esters is 1. The van der Waals surface area contributed by atoms with Crippen molar-refractivity contribution in [2.45, 2.75) is 103 Å². The Labute approximate surface area is 175 Å². The van der Waals surface area contributed by atoms with Gasteiger partial charge in [0.2, 0.25) is 5.91 Å². The number of hydrogen-bond donors (Lipinski definition) is 1. The van der Waals surface area contributed by atoms with Gasteiger partial charge in [0.15, 0.2) is 0 Å². The fourth-order valence-electron chi connectivity index (χ4n) is 5.10. The minimum atomic E-state index is -0.253. The Bertz CT molecular complexity index is 546. The summed E-state index contributed by atoms with van der Waals surface area (Å²) >= 11 is 1.80. The molecule has 1 heterocycles. The molecule has 1 saturated carbocycles. The minimum absolute atomic E-state index is 0.0636. The van der Waals surface area contributed by atoms with Crippen LogP contribution in [0.1, 0.15) is 91.9 Å². The molecule has 1 amide bonds. The van der Waals surface area contributed by atoms with E-state index in [-0.39, 0.29) is 28.6 Å². The second-order valence-corrected chi connectivity index (χ2v) is 9.97. The summed E-state index contributed by atoms with van der Waals surface area (Å²) in [4.78, 5) is 25.6. The SMILES string of the molecule is CCOC(=O)C1C(NC(=O)C=C(C)C)SC(CC)C12CCCCCCCCC2. The van der Waals surface area contributed by atoms with Gasteiger partial charge in [-0.15, -0.1) is 11.8 Å². The molecule has 1 aliphatic heterocycles. The van der Waals surface area contributed by atoms with Gasteiger partial charge in [-0.3, -0.25) is 9.59 Å². The fourth-order valence-corrected chi connectivity index (χ4v) is 7.02. The Morgan fingerprint density at radius 2 is 1.61 bits per heavy atom. The number of hydrogen-bond acceptors (Lipinski definition) is 4. The molecule has 0 aromatic rings. The fraction of sp³-hybridized carbons (Fsp3) is 0.826. The highest BCUT2D eigenvalue weighted by molar-refractivity contribution is 8.00. The third-order valence-corrected chi connectivity index (χ3v) is 8.09. The third kappa shape index (κ3) is 5.77. The van der Waals surface area contributed by atoms with E-state index < -0.39 is 0 Å². The van der Waals surface area contributed by atoms with E-state index in [1.54, 1.807) is 17.8 Å². The number of carbonyl (C=O) groups excluding carboxylic acids is 2. The lowest BCUT2D eigenvalue weighted by Gasteiger charge is -2.40. The quantitative estimate of drug-likeness (QED) is 0.473. The molecule has 0 radical (unpaired) electrons. The van der Waals surface area contributed by atoms with Gasteiger partial charge in [-0.1, -0.05) is 57.4 Å². The van der Waals surface area contributed by atoms with Crippen LogP contribution in [-0.4, -0.2) is 29.1 Å². The van der Waals surface area contributed by atoms with Crippen LogP contribution < -0.4 is 5.32 Å². The molecule has 3 atom stereocenters. The van der Waals surface area contributed by atoms with Gasteiger partial charge in [0.05, 0.1) is 17.9 Å².